The van der Waals surface area contributed by atoms with Gasteiger partial charge in [-0.3, -0.25) is 9.69 Å². The molecule has 7 heteroatoms. The van der Waals surface area contributed by atoms with E-state index in [-0.39, 0.29) is 17.7 Å². The van der Waals surface area contributed by atoms with Crippen molar-refractivity contribution in [2.45, 2.75) is 49.7 Å². The highest BCUT2D eigenvalue weighted by molar-refractivity contribution is 8.04. The molecule has 0 aromatic heterocycles. The van der Waals surface area contributed by atoms with E-state index >= 15 is 0 Å². The van der Waals surface area contributed by atoms with Gasteiger partial charge in [-0.25, -0.2) is 4.79 Å². The van der Waals surface area contributed by atoms with Crippen molar-refractivity contribution in [3.8, 4) is 0 Å². The molecule has 0 spiro atoms. The van der Waals surface area contributed by atoms with Gasteiger partial charge in [0.1, 0.15) is 10.6 Å². The van der Waals surface area contributed by atoms with Crippen LogP contribution in [0.1, 0.15) is 32.6 Å². The number of hydrogen-bond donors (Lipinski definition) is 2. The van der Waals surface area contributed by atoms with Crippen LogP contribution >= 0.6 is 11.8 Å². The van der Waals surface area contributed by atoms with Gasteiger partial charge in [0.25, 0.3) is 0 Å². The Balaban J connectivity index is 2.02. The van der Waals surface area contributed by atoms with Gasteiger partial charge in [0.05, 0.1) is 18.1 Å². The number of carboxylic acid groups (broad SMARTS) is 1. The summed E-state index contributed by atoms with van der Waals surface area (Å²) < 4.78 is 5.65. The van der Waals surface area contributed by atoms with E-state index < -0.39 is 22.9 Å². The van der Waals surface area contributed by atoms with E-state index in [2.05, 4.69) is 6.58 Å². The van der Waals surface area contributed by atoms with Gasteiger partial charge in [0.2, 0.25) is 5.91 Å². The molecule has 2 fully saturated rings. The summed E-state index contributed by atoms with van der Waals surface area (Å²) in [6.45, 7) is 6.16. The van der Waals surface area contributed by atoms with Crippen LogP contribution in [-0.2, 0) is 14.3 Å². The molecule has 1 unspecified atom stereocenters. The summed E-state index contributed by atoms with van der Waals surface area (Å²) >= 11 is 1.37. The predicted octanol–water partition coefficient (Wildman–Crippen LogP) is 1.71. The highest BCUT2D eigenvalue weighted by Crippen LogP contribution is 2.62. The monoisotopic (exact) mass is 339 g/mol. The number of ether oxygens (including phenoxy) is 1. The zero-order valence-electron chi connectivity index (χ0n) is 13.0. The van der Waals surface area contributed by atoms with Gasteiger partial charge in [-0.1, -0.05) is 24.8 Å². The van der Waals surface area contributed by atoms with Crippen molar-refractivity contribution < 1.29 is 24.5 Å². The van der Waals surface area contributed by atoms with Crippen molar-refractivity contribution in [3.63, 3.8) is 0 Å². The van der Waals surface area contributed by atoms with Crippen LogP contribution in [-0.4, -0.2) is 50.7 Å². The molecule has 1 amide bonds. The summed E-state index contributed by atoms with van der Waals surface area (Å²) in [4.78, 5) is 25.5. The van der Waals surface area contributed by atoms with Gasteiger partial charge in [0.15, 0.2) is 0 Å². The minimum absolute atomic E-state index is 0.0216. The highest BCUT2D eigenvalue weighted by atomic mass is 32.2. The van der Waals surface area contributed by atoms with Crippen molar-refractivity contribution in [3.05, 3.63) is 23.3 Å². The fraction of sp³-hybridized carbons (Fsp3) is 0.625. The van der Waals surface area contributed by atoms with E-state index in [9.17, 15) is 19.8 Å². The predicted molar refractivity (Wildman–Crippen MR) is 85.4 cm³/mol. The van der Waals surface area contributed by atoms with E-state index in [1.807, 2.05) is 6.92 Å². The zero-order valence-corrected chi connectivity index (χ0v) is 13.8. The first-order valence-corrected chi connectivity index (χ1v) is 8.70. The number of aliphatic hydroxyl groups is 1. The first-order chi connectivity index (χ1) is 11.0. The van der Waals surface area contributed by atoms with Crippen LogP contribution < -0.4 is 0 Å². The molecule has 0 radical (unpaired) electrons. The molecule has 23 heavy (non-hydrogen) atoms. The fourth-order valence-electron chi connectivity index (χ4n) is 3.72. The van der Waals surface area contributed by atoms with Gasteiger partial charge in [-0.2, -0.15) is 0 Å². The molecule has 126 valence electrons. The Morgan fingerprint density at radius 2 is 2.39 bits per heavy atom. The Labute approximate surface area is 139 Å². The van der Waals surface area contributed by atoms with Gasteiger partial charge in [-0.05, 0) is 25.7 Å². The van der Waals surface area contributed by atoms with Crippen LogP contribution in [0.4, 0.5) is 0 Å². The van der Waals surface area contributed by atoms with E-state index in [0.717, 1.165) is 12.8 Å². The van der Waals surface area contributed by atoms with E-state index in [0.29, 0.717) is 24.4 Å². The second kappa shape index (κ2) is 5.96. The van der Waals surface area contributed by atoms with E-state index in [1.165, 1.54) is 16.7 Å². The standard InChI is InChI=1S/C16H21NO5S/c1-3-7-16-11(9(18)4-2)14(19)17(16)12(15(20)21)13(23-16)10-6-5-8-22-10/h3,9-11,18H,1,4-8H2,2H3,(H,20,21)/t9-,10?,11+,16+/m0/s1. The van der Waals surface area contributed by atoms with E-state index in [1.54, 1.807) is 6.08 Å². The Morgan fingerprint density at radius 3 is 2.91 bits per heavy atom. The minimum Gasteiger partial charge on any atom is -0.477 e. The second-order valence-corrected chi connectivity index (χ2v) is 7.44. The molecule has 0 aliphatic carbocycles. The number of aliphatic hydroxyl groups excluding tert-OH is 1. The van der Waals surface area contributed by atoms with Crippen molar-refractivity contribution in [2.75, 3.05) is 6.61 Å². The summed E-state index contributed by atoms with van der Waals surface area (Å²) in [5.41, 5.74) is 0.0216. The molecule has 0 bridgehead atoms. The molecule has 2 N–H and O–H groups in total. The molecule has 2 saturated heterocycles. The number of amides is 1. The molecule has 4 atom stereocenters. The summed E-state index contributed by atoms with van der Waals surface area (Å²) in [7, 11) is 0. The molecular formula is C16H21NO5S. The fourth-order valence-corrected chi connectivity index (χ4v) is 5.55. The highest BCUT2D eigenvalue weighted by Gasteiger charge is 2.68. The molecule has 3 rings (SSSR count). The van der Waals surface area contributed by atoms with Crippen molar-refractivity contribution in [1.82, 2.24) is 4.90 Å². The van der Waals surface area contributed by atoms with Crippen molar-refractivity contribution in [1.29, 1.82) is 0 Å². The maximum atomic E-state index is 12.6. The number of carboxylic acids is 1. The number of aliphatic carboxylic acids is 1. The molecule has 0 saturated carbocycles. The zero-order chi connectivity index (χ0) is 16.8. The minimum atomic E-state index is -1.12. The van der Waals surface area contributed by atoms with Crippen LogP contribution in [0, 0.1) is 5.92 Å². The summed E-state index contributed by atoms with van der Waals surface area (Å²) in [6.07, 6.45) is 3.13. The number of rotatable bonds is 6. The summed E-state index contributed by atoms with van der Waals surface area (Å²) in [5.74, 6) is -2.05. The smallest absolute Gasteiger partial charge is 0.353 e. The Bertz CT molecular complexity index is 583. The summed E-state index contributed by atoms with van der Waals surface area (Å²) in [5, 5.41) is 19.9. The molecular weight excluding hydrogens is 318 g/mol. The molecule has 0 aromatic rings. The third-order valence-electron chi connectivity index (χ3n) is 4.76. The lowest BCUT2D eigenvalue weighted by Crippen LogP contribution is -2.70. The Morgan fingerprint density at radius 1 is 1.65 bits per heavy atom. The lowest BCUT2D eigenvalue weighted by molar-refractivity contribution is -0.167. The van der Waals surface area contributed by atoms with Crippen LogP contribution in [0.3, 0.4) is 0 Å². The number of hydrogen-bond acceptors (Lipinski definition) is 5. The lowest BCUT2D eigenvalue weighted by Gasteiger charge is -2.54. The van der Waals surface area contributed by atoms with Gasteiger partial charge < -0.3 is 14.9 Å². The number of carbonyl (C=O) groups is 2. The maximum absolute atomic E-state index is 12.6. The first kappa shape index (κ1) is 16.5. The largest absolute Gasteiger partial charge is 0.477 e. The first-order valence-electron chi connectivity index (χ1n) is 7.89. The average Bonchev–Trinajstić information content (AvgIpc) is 3.11. The molecule has 0 aromatic carbocycles. The van der Waals surface area contributed by atoms with Gasteiger partial charge in [-0.15, -0.1) is 6.58 Å². The quantitative estimate of drug-likeness (QED) is 0.566. The average molecular weight is 339 g/mol. The Hall–Kier alpha value is -1.31. The van der Waals surface area contributed by atoms with Crippen LogP contribution in [0.5, 0.6) is 0 Å². The van der Waals surface area contributed by atoms with Crippen LogP contribution in [0.2, 0.25) is 0 Å². The lowest BCUT2D eigenvalue weighted by atomic mass is 9.78. The number of thioether (sulfide) groups is 1. The number of fused-ring (bicyclic) bond motifs is 1. The third kappa shape index (κ3) is 2.25. The number of β-lactam (4-membered cyclic amide) rings is 1. The number of nitrogens with zero attached hydrogens (tertiary/aromatic N) is 1. The normalized spacial score (nSPS) is 34.3. The van der Waals surface area contributed by atoms with Crippen LogP contribution in [0.15, 0.2) is 23.3 Å². The van der Waals surface area contributed by atoms with Crippen LogP contribution in [0.25, 0.3) is 0 Å². The molecule has 3 heterocycles. The third-order valence-corrected chi connectivity index (χ3v) is 6.39. The Kier molecular flexibility index (Phi) is 4.29. The van der Waals surface area contributed by atoms with E-state index in [4.69, 9.17) is 4.74 Å². The summed E-state index contributed by atoms with van der Waals surface area (Å²) in [6, 6.07) is 0. The van der Waals surface area contributed by atoms with Gasteiger partial charge >= 0.3 is 5.97 Å². The maximum Gasteiger partial charge on any atom is 0.353 e. The molecule has 3 aliphatic heterocycles. The van der Waals surface area contributed by atoms with Crippen molar-refractivity contribution >= 4 is 23.6 Å². The number of carbonyl (C=O) groups excluding carboxylic acids is 1. The van der Waals surface area contributed by atoms with Crippen molar-refractivity contribution in [2.24, 2.45) is 5.92 Å². The van der Waals surface area contributed by atoms with Gasteiger partial charge in [0, 0.05) is 11.5 Å². The SMILES string of the molecule is C=CC[C@]12SC(C3CCCO3)=C(C(=O)O)N1C(=O)[C@H]2[C@@H](O)CC. The topological polar surface area (TPSA) is 87.1 Å². The molecule has 6 nitrogen and oxygen atoms in total. The second-order valence-electron chi connectivity index (χ2n) is 6.09. The molecule has 3 aliphatic rings.